The molecule has 0 unspecified atom stereocenters. The van der Waals surface area contributed by atoms with Crippen molar-refractivity contribution in [2.24, 2.45) is 0 Å². The quantitative estimate of drug-likeness (QED) is 0.766. The summed E-state index contributed by atoms with van der Waals surface area (Å²) in [7, 11) is 0. The number of halogens is 3. The van der Waals surface area contributed by atoms with Crippen LogP contribution < -0.4 is 5.32 Å². The van der Waals surface area contributed by atoms with Crippen LogP contribution in [0.3, 0.4) is 0 Å². The second-order valence-electron chi connectivity index (χ2n) is 4.34. The van der Waals surface area contributed by atoms with Crippen LogP contribution in [0.1, 0.15) is 37.6 Å². The summed E-state index contributed by atoms with van der Waals surface area (Å²) in [4.78, 5) is 0. The highest BCUT2D eigenvalue weighted by Crippen LogP contribution is 2.21. The molecule has 0 saturated carbocycles. The first-order valence-corrected chi connectivity index (χ1v) is 6.23. The van der Waals surface area contributed by atoms with Gasteiger partial charge in [-0.1, -0.05) is 0 Å². The van der Waals surface area contributed by atoms with Crippen molar-refractivity contribution in [3.05, 3.63) is 17.5 Å². The molecule has 0 aliphatic carbocycles. The van der Waals surface area contributed by atoms with Gasteiger partial charge in [0.15, 0.2) is 0 Å². The Hall–Kier alpha value is -1.04. The van der Waals surface area contributed by atoms with Gasteiger partial charge >= 0.3 is 6.18 Å². The zero-order valence-electron chi connectivity index (χ0n) is 10.8. The van der Waals surface area contributed by atoms with E-state index < -0.39 is 12.6 Å². The van der Waals surface area contributed by atoms with E-state index in [1.807, 2.05) is 24.6 Å². The number of aromatic nitrogens is 2. The van der Waals surface area contributed by atoms with Crippen molar-refractivity contribution >= 4 is 0 Å². The lowest BCUT2D eigenvalue weighted by Gasteiger charge is -2.08. The molecule has 1 N–H and O–H groups in total. The zero-order chi connectivity index (χ0) is 13.6. The molecule has 1 aromatic rings. The van der Waals surface area contributed by atoms with Crippen LogP contribution in [0.15, 0.2) is 6.07 Å². The lowest BCUT2D eigenvalue weighted by atomic mass is 10.2. The Kier molecular flexibility index (Phi) is 5.65. The summed E-state index contributed by atoms with van der Waals surface area (Å²) in [6, 6.07) is 1.99. The van der Waals surface area contributed by atoms with Gasteiger partial charge in [0, 0.05) is 19.5 Å². The predicted octanol–water partition coefficient (Wildman–Crippen LogP) is 3.03. The van der Waals surface area contributed by atoms with E-state index in [-0.39, 0.29) is 6.42 Å². The minimum Gasteiger partial charge on any atom is -0.311 e. The number of rotatable bonds is 7. The van der Waals surface area contributed by atoms with Crippen molar-refractivity contribution in [2.75, 3.05) is 6.54 Å². The standard InChI is InChI=1S/C12H20F3N3/c1-3-18-11(8-10(2)17-18)9-16-7-5-4-6-12(13,14)15/h8,16H,3-7,9H2,1-2H3. The highest BCUT2D eigenvalue weighted by atomic mass is 19.4. The summed E-state index contributed by atoms with van der Waals surface area (Å²) >= 11 is 0. The first-order valence-electron chi connectivity index (χ1n) is 6.23. The first kappa shape index (κ1) is 15.0. The number of nitrogens with one attached hydrogen (secondary N) is 1. The third-order valence-corrected chi connectivity index (χ3v) is 2.65. The zero-order valence-corrected chi connectivity index (χ0v) is 10.8. The van der Waals surface area contributed by atoms with Gasteiger partial charge in [0.2, 0.25) is 0 Å². The highest BCUT2D eigenvalue weighted by Gasteiger charge is 2.25. The molecule has 6 heteroatoms. The summed E-state index contributed by atoms with van der Waals surface area (Å²) in [5.41, 5.74) is 2.04. The molecular weight excluding hydrogens is 243 g/mol. The lowest BCUT2D eigenvalue weighted by molar-refractivity contribution is -0.135. The molecule has 0 aliphatic rings. The van der Waals surface area contributed by atoms with Crippen molar-refractivity contribution in [3.8, 4) is 0 Å². The topological polar surface area (TPSA) is 29.9 Å². The van der Waals surface area contributed by atoms with E-state index in [0.717, 1.165) is 17.9 Å². The van der Waals surface area contributed by atoms with E-state index >= 15 is 0 Å². The molecule has 1 rings (SSSR count). The van der Waals surface area contributed by atoms with Crippen LogP contribution in [-0.4, -0.2) is 22.5 Å². The fourth-order valence-corrected chi connectivity index (χ4v) is 1.81. The molecule has 3 nitrogen and oxygen atoms in total. The molecule has 0 bridgehead atoms. The van der Waals surface area contributed by atoms with Gasteiger partial charge in [0.05, 0.1) is 11.4 Å². The summed E-state index contributed by atoms with van der Waals surface area (Å²) in [6.45, 7) is 6.00. The van der Waals surface area contributed by atoms with Gasteiger partial charge < -0.3 is 5.32 Å². The van der Waals surface area contributed by atoms with Gasteiger partial charge in [-0.05, 0) is 39.3 Å². The molecule has 0 spiro atoms. The van der Waals surface area contributed by atoms with Gasteiger partial charge in [-0.15, -0.1) is 0 Å². The van der Waals surface area contributed by atoms with E-state index in [9.17, 15) is 13.2 Å². The first-order chi connectivity index (χ1) is 8.42. The summed E-state index contributed by atoms with van der Waals surface area (Å²) in [6.07, 6.45) is -4.00. The Morgan fingerprint density at radius 3 is 2.67 bits per heavy atom. The van der Waals surface area contributed by atoms with E-state index in [0.29, 0.717) is 19.5 Å². The summed E-state index contributed by atoms with van der Waals surface area (Å²) in [5.74, 6) is 0. The number of hydrogen-bond acceptors (Lipinski definition) is 2. The van der Waals surface area contributed by atoms with E-state index in [1.54, 1.807) is 0 Å². The Balaban J connectivity index is 2.18. The molecule has 18 heavy (non-hydrogen) atoms. The maximum absolute atomic E-state index is 11.9. The molecule has 0 amide bonds. The lowest BCUT2D eigenvalue weighted by Crippen LogP contribution is -2.18. The van der Waals surface area contributed by atoms with Crippen LogP contribution in [-0.2, 0) is 13.1 Å². The van der Waals surface area contributed by atoms with E-state index in [2.05, 4.69) is 10.4 Å². The summed E-state index contributed by atoms with van der Waals surface area (Å²) in [5, 5.41) is 7.45. The predicted molar refractivity (Wildman–Crippen MR) is 64.3 cm³/mol. The molecule has 1 heterocycles. The third kappa shape index (κ3) is 5.53. The molecule has 1 aromatic heterocycles. The fraction of sp³-hybridized carbons (Fsp3) is 0.750. The average Bonchev–Trinajstić information content (AvgIpc) is 2.62. The van der Waals surface area contributed by atoms with Gasteiger partial charge in [0.1, 0.15) is 0 Å². The maximum Gasteiger partial charge on any atom is 0.389 e. The van der Waals surface area contributed by atoms with Gasteiger partial charge in [-0.2, -0.15) is 18.3 Å². The van der Waals surface area contributed by atoms with Crippen LogP contribution in [0.4, 0.5) is 13.2 Å². The molecule has 0 saturated heterocycles. The average molecular weight is 263 g/mol. The van der Waals surface area contributed by atoms with Crippen LogP contribution >= 0.6 is 0 Å². The molecule has 0 fully saturated rings. The molecule has 0 radical (unpaired) electrons. The number of hydrogen-bond donors (Lipinski definition) is 1. The Morgan fingerprint density at radius 1 is 1.33 bits per heavy atom. The van der Waals surface area contributed by atoms with Crippen molar-refractivity contribution < 1.29 is 13.2 Å². The van der Waals surface area contributed by atoms with Gasteiger partial charge in [-0.3, -0.25) is 4.68 Å². The number of nitrogens with zero attached hydrogens (tertiary/aromatic N) is 2. The fourth-order valence-electron chi connectivity index (χ4n) is 1.81. The molecule has 0 atom stereocenters. The number of alkyl halides is 3. The third-order valence-electron chi connectivity index (χ3n) is 2.65. The Bertz CT molecular complexity index is 358. The molecular formula is C12H20F3N3. The van der Waals surface area contributed by atoms with Crippen molar-refractivity contribution in [1.29, 1.82) is 0 Å². The number of unbranched alkanes of at least 4 members (excludes halogenated alkanes) is 1. The van der Waals surface area contributed by atoms with Crippen LogP contribution in [0.5, 0.6) is 0 Å². The Morgan fingerprint density at radius 2 is 2.06 bits per heavy atom. The molecule has 104 valence electrons. The van der Waals surface area contributed by atoms with Gasteiger partial charge in [0.25, 0.3) is 0 Å². The van der Waals surface area contributed by atoms with E-state index in [1.165, 1.54) is 0 Å². The van der Waals surface area contributed by atoms with Crippen molar-refractivity contribution in [3.63, 3.8) is 0 Å². The smallest absolute Gasteiger partial charge is 0.311 e. The second-order valence-corrected chi connectivity index (χ2v) is 4.34. The minimum atomic E-state index is -4.03. The SMILES string of the molecule is CCn1nc(C)cc1CNCCCCC(F)(F)F. The molecule has 0 aromatic carbocycles. The largest absolute Gasteiger partial charge is 0.389 e. The normalized spacial score (nSPS) is 12.1. The Labute approximate surface area is 105 Å². The summed E-state index contributed by atoms with van der Waals surface area (Å²) < 4.78 is 37.6. The minimum absolute atomic E-state index is 0.183. The highest BCUT2D eigenvalue weighted by molar-refractivity contribution is 5.08. The van der Waals surface area contributed by atoms with Crippen molar-refractivity contribution in [1.82, 2.24) is 15.1 Å². The van der Waals surface area contributed by atoms with Gasteiger partial charge in [-0.25, -0.2) is 0 Å². The van der Waals surface area contributed by atoms with E-state index in [4.69, 9.17) is 0 Å². The second kappa shape index (κ2) is 6.78. The van der Waals surface area contributed by atoms with Crippen LogP contribution in [0, 0.1) is 6.92 Å². The van der Waals surface area contributed by atoms with Crippen LogP contribution in [0.2, 0.25) is 0 Å². The molecule has 0 aliphatic heterocycles. The van der Waals surface area contributed by atoms with Crippen molar-refractivity contribution in [2.45, 2.75) is 52.4 Å². The monoisotopic (exact) mass is 263 g/mol. The van der Waals surface area contributed by atoms with Crippen LogP contribution in [0.25, 0.3) is 0 Å². The number of aryl methyl sites for hydroxylation is 2. The maximum atomic E-state index is 11.9.